The quantitative estimate of drug-likeness (QED) is 0.385. The Labute approximate surface area is 203 Å². The Morgan fingerprint density at radius 2 is 1.77 bits per heavy atom. The van der Waals surface area contributed by atoms with Crippen molar-refractivity contribution < 1.29 is 18.4 Å². The molecule has 7 heteroatoms. The minimum atomic E-state index is -0.692. The number of ketones is 1. The van der Waals surface area contributed by atoms with Gasteiger partial charge in [-0.2, -0.15) is 0 Å². The second kappa shape index (κ2) is 10.8. The molecular formula is C28H29F2N3O2. The molecule has 0 bridgehead atoms. The monoisotopic (exact) mass is 477 g/mol. The fourth-order valence-electron chi connectivity index (χ4n) is 4.30. The van der Waals surface area contributed by atoms with Crippen LogP contribution in [-0.4, -0.2) is 24.3 Å². The van der Waals surface area contributed by atoms with Crippen LogP contribution in [0.4, 0.5) is 20.2 Å². The number of benzene rings is 3. The number of carbonyl (C=O) groups is 2. The number of nitrogens with two attached hydrogens (primary N) is 1. The molecule has 0 unspecified atom stereocenters. The molecule has 1 atom stereocenters. The van der Waals surface area contributed by atoms with E-state index >= 15 is 0 Å². The summed E-state index contributed by atoms with van der Waals surface area (Å²) >= 11 is 0. The highest BCUT2D eigenvalue weighted by Gasteiger charge is 2.23. The second-order valence-corrected chi connectivity index (χ2v) is 9.05. The van der Waals surface area contributed by atoms with Crippen molar-refractivity contribution in [2.24, 2.45) is 5.73 Å². The maximum Gasteiger partial charge on any atom is 0.251 e. The molecule has 1 aliphatic carbocycles. The fourth-order valence-corrected chi connectivity index (χ4v) is 4.30. The summed E-state index contributed by atoms with van der Waals surface area (Å²) < 4.78 is 27.2. The molecule has 0 aromatic heterocycles. The van der Waals surface area contributed by atoms with Crippen molar-refractivity contribution in [3.8, 4) is 0 Å². The Bertz CT molecular complexity index is 1260. The average molecular weight is 478 g/mol. The lowest BCUT2D eigenvalue weighted by Gasteiger charge is -2.12. The number of fused-ring (bicyclic) bond motifs is 2. The molecule has 3 aromatic carbocycles. The van der Waals surface area contributed by atoms with Gasteiger partial charge in [0.2, 0.25) is 0 Å². The van der Waals surface area contributed by atoms with Gasteiger partial charge >= 0.3 is 0 Å². The van der Waals surface area contributed by atoms with E-state index in [1.807, 2.05) is 19.1 Å². The number of amides is 1. The molecule has 0 radical (unpaired) electrons. The molecule has 0 heterocycles. The van der Waals surface area contributed by atoms with Gasteiger partial charge in [0.05, 0.1) is 5.69 Å². The van der Waals surface area contributed by atoms with Crippen LogP contribution in [-0.2, 0) is 12.8 Å². The van der Waals surface area contributed by atoms with Gasteiger partial charge in [0, 0.05) is 41.0 Å². The van der Waals surface area contributed by atoms with Crippen molar-refractivity contribution in [2.75, 3.05) is 11.9 Å². The van der Waals surface area contributed by atoms with Crippen LogP contribution in [0.15, 0.2) is 54.6 Å². The van der Waals surface area contributed by atoms with E-state index in [0.717, 1.165) is 36.5 Å². The van der Waals surface area contributed by atoms with Gasteiger partial charge in [0.1, 0.15) is 11.6 Å². The summed E-state index contributed by atoms with van der Waals surface area (Å²) in [6.45, 7) is 2.52. The third kappa shape index (κ3) is 5.92. The van der Waals surface area contributed by atoms with Gasteiger partial charge in [-0.3, -0.25) is 9.59 Å². The van der Waals surface area contributed by atoms with E-state index in [2.05, 4.69) is 10.6 Å². The van der Waals surface area contributed by atoms with Gasteiger partial charge in [0.25, 0.3) is 5.91 Å². The Kier molecular flexibility index (Phi) is 7.56. The third-order valence-electron chi connectivity index (χ3n) is 6.21. The summed E-state index contributed by atoms with van der Waals surface area (Å²) in [5.74, 6) is -1.68. The molecule has 5 nitrogen and oxygen atoms in total. The zero-order valence-corrected chi connectivity index (χ0v) is 19.7. The minimum Gasteiger partial charge on any atom is -0.353 e. The number of unbranched alkanes of at least 4 members (excludes halogenated alkanes) is 1. The fraction of sp³-hybridized carbons (Fsp3) is 0.286. The molecule has 1 amide bonds. The SMILES string of the molecule is C[C@@H](N)CCCCNC(=O)c1ccc2c(c1)C(=O)c1ccc(Nc3ccc(F)cc3F)cc1CC2. The normalized spacial score (nSPS) is 13.4. The van der Waals surface area contributed by atoms with Crippen molar-refractivity contribution in [3.05, 3.63) is 94.0 Å². The van der Waals surface area contributed by atoms with Crippen molar-refractivity contribution in [2.45, 2.75) is 45.1 Å². The minimum absolute atomic E-state index is 0.140. The summed E-state index contributed by atoms with van der Waals surface area (Å²) in [5, 5.41) is 5.87. The number of halogens is 2. The molecule has 0 spiro atoms. The van der Waals surface area contributed by atoms with Crippen LogP contribution in [0.5, 0.6) is 0 Å². The van der Waals surface area contributed by atoms with Crippen LogP contribution in [0, 0.1) is 11.6 Å². The number of rotatable bonds is 8. The predicted octanol–water partition coefficient (Wildman–Crippen LogP) is 5.29. The highest BCUT2D eigenvalue weighted by atomic mass is 19.1. The van der Waals surface area contributed by atoms with Crippen LogP contribution in [0.3, 0.4) is 0 Å². The van der Waals surface area contributed by atoms with Gasteiger partial charge in [-0.05, 0) is 86.2 Å². The Hall–Kier alpha value is -3.58. The first kappa shape index (κ1) is 24.5. The largest absolute Gasteiger partial charge is 0.353 e. The third-order valence-corrected chi connectivity index (χ3v) is 6.21. The Balaban J connectivity index is 1.49. The molecule has 35 heavy (non-hydrogen) atoms. The highest BCUT2D eigenvalue weighted by Crippen LogP contribution is 2.29. The zero-order chi connectivity index (χ0) is 24.9. The van der Waals surface area contributed by atoms with Gasteiger partial charge in [-0.25, -0.2) is 8.78 Å². The molecule has 0 aliphatic heterocycles. The highest BCUT2D eigenvalue weighted by molar-refractivity contribution is 6.12. The first-order valence-electron chi connectivity index (χ1n) is 11.9. The maximum atomic E-state index is 14.0. The average Bonchev–Trinajstić information content (AvgIpc) is 2.96. The van der Waals surface area contributed by atoms with Crippen LogP contribution in [0.2, 0.25) is 0 Å². The lowest BCUT2D eigenvalue weighted by molar-refractivity contribution is 0.0953. The van der Waals surface area contributed by atoms with E-state index in [9.17, 15) is 18.4 Å². The Morgan fingerprint density at radius 3 is 2.54 bits per heavy atom. The number of nitrogens with one attached hydrogen (secondary N) is 2. The van der Waals surface area contributed by atoms with Crippen molar-refractivity contribution in [3.63, 3.8) is 0 Å². The number of carbonyl (C=O) groups excluding carboxylic acids is 2. The van der Waals surface area contributed by atoms with E-state index in [-0.39, 0.29) is 23.4 Å². The van der Waals surface area contributed by atoms with E-state index in [0.29, 0.717) is 41.8 Å². The second-order valence-electron chi connectivity index (χ2n) is 9.05. The Morgan fingerprint density at radius 1 is 0.971 bits per heavy atom. The molecule has 182 valence electrons. The van der Waals surface area contributed by atoms with E-state index in [1.165, 1.54) is 12.1 Å². The first-order chi connectivity index (χ1) is 16.8. The summed E-state index contributed by atoms with van der Waals surface area (Å²) in [4.78, 5) is 26.0. The molecule has 0 fully saturated rings. The molecule has 4 N–H and O–H groups in total. The summed E-state index contributed by atoms with van der Waals surface area (Å²) in [6, 6.07) is 14.0. The van der Waals surface area contributed by atoms with Crippen LogP contribution in [0.1, 0.15) is 63.6 Å². The van der Waals surface area contributed by atoms with E-state index in [1.54, 1.807) is 24.3 Å². The first-order valence-corrected chi connectivity index (χ1v) is 11.9. The summed E-state index contributed by atoms with van der Waals surface area (Å²) in [5.41, 5.74) is 9.78. The molecule has 4 rings (SSSR count). The van der Waals surface area contributed by atoms with Gasteiger partial charge in [-0.15, -0.1) is 0 Å². The van der Waals surface area contributed by atoms with E-state index < -0.39 is 11.6 Å². The van der Waals surface area contributed by atoms with Crippen molar-refractivity contribution in [1.29, 1.82) is 0 Å². The van der Waals surface area contributed by atoms with Gasteiger partial charge in [-0.1, -0.05) is 12.5 Å². The van der Waals surface area contributed by atoms with E-state index in [4.69, 9.17) is 5.73 Å². The lowest BCUT2D eigenvalue weighted by atomic mass is 9.96. The molecule has 0 saturated heterocycles. The summed E-state index contributed by atoms with van der Waals surface area (Å²) in [6.07, 6.45) is 3.98. The maximum absolute atomic E-state index is 14.0. The number of anilines is 2. The predicted molar refractivity (Wildman–Crippen MR) is 133 cm³/mol. The molecule has 0 saturated carbocycles. The van der Waals surface area contributed by atoms with Crippen LogP contribution in [0.25, 0.3) is 0 Å². The van der Waals surface area contributed by atoms with Gasteiger partial charge in [0.15, 0.2) is 5.78 Å². The van der Waals surface area contributed by atoms with Crippen molar-refractivity contribution >= 4 is 23.1 Å². The van der Waals surface area contributed by atoms with Crippen LogP contribution >= 0.6 is 0 Å². The standard InChI is InChI=1S/C28H29F2N3O2/c1-17(31)4-2-3-13-32-28(35)20-8-6-18-5-7-19-14-22(10-11-23(19)27(34)24(18)15-20)33-26-12-9-21(29)16-25(26)30/h6,8-12,14-17,33H,2-5,7,13,31H2,1H3,(H,32,35)/t17-/m1/s1. The topological polar surface area (TPSA) is 84.2 Å². The zero-order valence-electron chi connectivity index (χ0n) is 19.7. The van der Waals surface area contributed by atoms with Crippen molar-refractivity contribution in [1.82, 2.24) is 5.32 Å². The summed E-state index contributed by atoms with van der Waals surface area (Å²) in [7, 11) is 0. The number of hydrogen-bond acceptors (Lipinski definition) is 4. The smallest absolute Gasteiger partial charge is 0.251 e. The molecule has 3 aromatic rings. The molecular weight excluding hydrogens is 448 g/mol. The number of aryl methyl sites for hydroxylation is 2. The molecule has 1 aliphatic rings. The lowest BCUT2D eigenvalue weighted by Crippen LogP contribution is -2.25. The van der Waals surface area contributed by atoms with Crippen LogP contribution < -0.4 is 16.4 Å². The van der Waals surface area contributed by atoms with Gasteiger partial charge < -0.3 is 16.4 Å². The number of hydrogen-bond donors (Lipinski definition) is 3.